The summed E-state index contributed by atoms with van der Waals surface area (Å²) in [6, 6.07) is 5.39. The number of carboxylic acids is 2. The lowest BCUT2D eigenvalue weighted by Crippen LogP contribution is -2.47. The third kappa shape index (κ3) is 2.30. The Morgan fingerprint density at radius 3 is 1.50 bits per heavy atom. The normalized spacial score (nSPS) is 21.8. The number of carbonyl (C=O) groups is 4. The summed E-state index contributed by atoms with van der Waals surface area (Å²) in [5.41, 5.74) is -0.375. The minimum atomic E-state index is -2.11. The van der Waals surface area contributed by atoms with Crippen molar-refractivity contribution >= 4 is 23.9 Å². The fraction of sp³-hybridized carbons (Fsp3) is 0.167. The third-order valence-corrected chi connectivity index (χ3v) is 2.60. The van der Waals surface area contributed by atoms with E-state index in [4.69, 9.17) is 10.2 Å². The van der Waals surface area contributed by atoms with E-state index in [0.29, 0.717) is 0 Å². The van der Waals surface area contributed by atoms with E-state index in [9.17, 15) is 19.2 Å². The van der Waals surface area contributed by atoms with Crippen molar-refractivity contribution in [3.8, 4) is 0 Å². The van der Waals surface area contributed by atoms with Gasteiger partial charge in [-0.15, -0.1) is 0 Å². The smallest absolute Gasteiger partial charge is 0.349 e. The van der Waals surface area contributed by atoms with Gasteiger partial charge in [-0.25, -0.2) is 19.2 Å². The summed E-state index contributed by atoms with van der Waals surface area (Å²) in [6.07, 6.45) is -4.23. The quantitative estimate of drug-likeness (QED) is 0.720. The molecule has 0 saturated carbocycles. The lowest BCUT2D eigenvalue weighted by atomic mass is 10.1. The minimum Gasteiger partial charge on any atom is -0.478 e. The SMILES string of the molecule is O=C1OC(C(=O)O)C(C(=O)O)OC(=O)c2ccccc21. The van der Waals surface area contributed by atoms with Crippen LogP contribution in [-0.2, 0) is 19.1 Å². The second-order valence-corrected chi connectivity index (χ2v) is 3.87. The Bertz CT molecular complexity index is 552. The maximum Gasteiger partial charge on any atom is 0.349 e. The zero-order valence-electron chi connectivity index (χ0n) is 9.81. The number of fused-ring (bicyclic) bond motifs is 1. The molecule has 8 nitrogen and oxygen atoms in total. The van der Waals surface area contributed by atoms with Crippen LogP contribution in [0, 0.1) is 0 Å². The van der Waals surface area contributed by atoms with Gasteiger partial charge in [0.05, 0.1) is 11.1 Å². The molecule has 20 heavy (non-hydrogen) atoms. The fourth-order valence-electron chi connectivity index (χ4n) is 1.68. The van der Waals surface area contributed by atoms with Crippen molar-refractivity contribution in [2.45, 2.75) is 12.2 Å². The first-order valence-electron chi connectivity index (χ1n) is 5.38. The van der Waals surface area contributed by atoms with E-state index >= 15 is 0 Å². The Hall–Kier alpha value is -2.90. The number of carbonyl (C=O) groups excluding carboxylic acids is 2. The van der Waals surface area contributed by atoms with Gasteiger partial charge in [-0.05, 0) is 12.1 Å². The van der Waals surface area contributed by atoms with E-state index in [0.717, 1.165) is 0 Å². The van der Waals surface area contributed by atoms with E-state index in [2.05, 4.69) is 9.47 Å². The van der Waals surface area contributed by atoms with Crippen LogP contribution < -0.4 is 0 Å². The molecule has 1 aromatic rings. The highest BCUT2D eigenvalue weighted by Gasteiger charge is 2.43. The van der Waals surface area contributed by atoms with Gasteiger partial charge in [0.2, 0.25) is 12.2 Å². The van der Waals surface area contributed by atoms with Gasteiger partial charge in [0.25, 0.3) is 0 Å². The number of aliphatic carboxylic acids is 2. The maximum absolute atomic E-state index is 11.8. The van der Waals surface area contributed by atoms with Crippen LogP contribution in [-0.4, -0.2) is 46.3 Å². The van der Waals surface area contributed by atoms with Gasteiger partial charge in [0.15, 0.2) is 0 Å². The lowest BCUT2D eigenvalue weighted by Gasteiger charge is -2.24. The van der Waals surface area contributed by atoms with E-state index < -0.39 is 36.1 Å². The average molecular weight is 280 g/mol. The fourth-order valence-corrected chi connectivity index (χ4v) is 1.68. The van der Waals surface area contributed by atoms with E-state index in [1.165, 1.54) is 24.3 Å². The van der Waals surface area contributed by atoms with Crippen LogP contribution in [0.2, 0.25) is 0 Å². The van der Waals surface area contributed by atoms with Crippen molar-refractivity contribution in [1.29, 1.82) is 0 Å². The van der Waals surface area contributed by atoms with Crippen molar-refractivity contribution in [2.24, 2.45) is 0 Å². The highest BCUT2D eigenvalue weighted by atomic mass is 16.6. The van der Waals surface area contributed by atoms with Crippen molar-refractivity contribution in [3.05, 3.63) is 35.4 Å². The number of hydrogen-bond acceptors (Lipinski definition) is 6. The van der Waals surface area contributed by atoms with Crippen molar-refractivity contribution in [2.75, 3.05) is 0 Å². The molecule has 0 radical (unpaired) electrons. The van der Waals surface area contributed by atoms with E-state index in [1.54, 1.807) is 0 Å². The standard InChI is InChI=1S/C12H8O8/c13-9(14)7-8(10(15)16)20-12(18)6-4-2-1-3-5(6)11(17)19-7/h1-4,7-8H,(H,13,14)(H,15,16). The van der Waals surface area contributed by atoms with Gasteiger partial charge in [-0.3, -0.25) is 0 Å². The molecule has 0 spiro atoms. The number of benzene rings is 1. The molecule has 1 aromatic carbocycles. The average Bonchev–Trinajstić information content (AvgIpc) is 2.40. The first-order valence-corrected chi connectivity index (χ1v) is 5.38. The number of esters is 2. The van der Waals surface area contributed by atoms with Crippen LogP contribution >= 0.6 is 0 Å². The van der Waals surface area contributed by atoms with Crippen molar-refractivity contribution in [3.63, 3.8) is 0 Å². The summed E-state index contributed by atoms with van der Waals surface area (Å²) in [5, 5.41) is 17.8. The number of carboxylic acid groups (broad SMARTS) is 2. The molecule has 1 aliphatic heterocycles. The number of hydrogen-bond donors (Lipinski definition) is 2. The molecule has 0 amide bonds. The predicted molar refractivity (Wildman–Crippen MR) is 60.1 cm³/mol. The molecule has 0 saturated heterocycles. The summed E-state index contributed by atoms with van der Waals surface area (Å²) in [4.78, 5) is 45.5. The predicted octanol–water partition coefficient (Wildman–Crippen LogP) is -0.0798. The Morgan fingerprint density at radius 1 is 0.850 bits per heavy atom. The van der Waals surface area contributed by atoms with Gasteiger partial charge >= 0.3 is 23.9 Å². The number of rotatable bonds is 2. The van der Waals surface area contributed by atoms with Crippen LogP contribution in [0.1, 0.15) is 20.7 Å². The maximum atomic E-state index is 11.8. The molecule has 8 heteroatoms. The minimum absolute atomic E-state index is 0.187. The molecule has 0 aliphatic carbocycles. The molecule has 1 aliphatic rings. The molecule has 0 bridgehead atoms. The molecule has 0 aromatic heterocycles. The molecule has 1 heterocycles. The van der Waals surface area contributed by atoms with Gasteiger partial charge < -0.3 is 19.7 Å². The van der Waals surface area contributed by atoms with Gasteiger partial charge in [0, 0.05) is 0 Å². The van der Waals surface area contributed by atoms with E-state index in [1.807, 2.05) is 0 Å². The molecule has 2 unspecified atom stereocenters. The first kappa shape index (κ1) is 13.5. The van der Waals surface area contributed by atoms with Crippen LogP contribution in [0.25, 0.3) is 0 Å². The summed E-state index contributed by atoms with van der Waals surface area (Å²) >= 11 is 0. The Labute approximate surface area is 111 Å². The summed E-state index contributed by atoms with van der Waals surface area (Å²) < 4.78 is 9.21. The Kier molecular flexibility index (Phi) is 3.38. The second-order valence-electron chi connectivity index (χ2n) is 3.87. The zero-order valence-corrected chi connectivity index (χ0v) is 9.81. The topological polar surface area (TPSA) is 127 Å². The first-order chi connectivity index (χ1) is 9.41. The Morgan fingerprint density at radius 2 is 1.20 bits per heavy atom. The zero-order chi connectivity index (χ0) is 14.9. The summed E-state index contributed by atoms with van der Waals surface area (Å²) in [6.45, 7) is 0. The number of cyclic esters (lactones) is 2. The molecule has 0 fully saturated rings. The number of ether oxygens (including phenoxy) is 2. The molecule has 2 N–H and O–H groups in total. The van der Waals surface area contributed by atoms with Gasteiger partial charge in [-0.2, -0.15) is 0 Å². The van der Waals surface area contributed by atoms with E-state index in [-0.39, 0.29) is 11.1 Å². The highest BCUT2D eigenvalue weighted by molar-refractivity contribution is 6.05. The lowest BCUT2D eigenvalue weighted by molar-refractivity contribution is -0.167. The van der Waals surface area contributed by atoms with Crippen LogP contribution in [0.15, 0.2) is 24.3 Å². The van der Waals surface area contributed by atoms with Gasteiger partial charge in [-0.1, -0.05) is 12.1 Å². The molecule has 2 rings (SSSR count). The monoisotopic (exact) mass is 280 g/mol. The molecular weight excluding hydrogens is 272 g/mol. The van der Waals surface area contributed by atoms with Gasteiger partial charge in [0.1, 0.15) is 0 Å². The summed E-state index contributed by atoms with van der Waals surface area (Å²) in [7, 11) is 0. The summed E-state index contributed by atoms with van der Waals surface area (Å²) in [5.74, 6) is -5.65. The van der Waals surface area contributed by atoms with Crippen LogP contribution in [0.4, 0.5) is 0 Å². The van der Waals surface area contributed by atoms with Crippen molar-refractivity contribution in [1.82, 2.24) is 0 Å². The highest BCUT2D eigenvalue weighted by Crippen LogP contribution is 2.20. The van der Waals surface area contributed by atoms with Crippen LogP contribution in [0.3, 0.4) is 0 Å². The largest absolute Gasteiger partial charge is 0.478 e. The molecule has 2 atom stereocenters. The Balaban J connectivity index is 2.51. The van der Waals surface area contributed by atoms with Crippen molar-refractivity contribution < 1.29 is 38.9 Å². The second kappa shape index (κ2) is 5.00. The molecular formula is C12H8O8. The third-order valence-electron chi connectivity index (χ3n) is 2.60. The van der Waals surface area contributed by atoms with Crippen LogP contribution in [0.5, 0.6) is 0 Å². The molecule has 104 valence electrons.